The number of hydrogen-bond acceptors (Lipinski definition) is 6. The number of carboxylic acid groups (broad SMARTS) is 2. The number of aryl methyl sites for hydroxylation is 1. The van der Waals surface area contributed by atoms with E-state index >= 15 is 0 Å². The van der Waals surface area contributed by atoms with E-state index in [-0.39, 0.29) is 44.2 Å². The van der Waals surface area contributed by atoms with Crippen molar-refractivity contribution in [1.29, 1.82) is 0 Å². The second kappa shape index (κ2) is 16.7. The minimum Gasteiger partial charge on any atom is -0.493 e. The number of carbonyl (C=O) groups is 3. The van der Waals surface area contributed by atoms with Gasteiger partial charge in [0.15, 0.2) is 5.79 Å². The lowest BCUT2D eigenvalue weighted by molar-refractivity contribution is -0.164. The van der Waals surface area contributed by atoms with Crippen molar-refractivity contribution in [2.24, 2.45) is 0 Å². The standard InChI is InChI=1S/C34H42FNO8/c1-36(2)33(41)27-21-26(24-13-15-28(35)16-14-24)22-34(42,23-27)44-20-6-4-3-5-9-25-10-7-11-30(29(25)17-18-32(39)40)43-19-8-12-31(37)38/h7,10-11,13-16,21,23,42H,3-6,8-9,12,17-20,22H2,1-2H3,(H,37,38)(H,39,40). The number of aliphatic carboxylic acids is 2. The molecule has 1 amide bonds. The molecule has 0 heterocycles. The molecule has 2 aromatic carbocycles. The molecule has 44 heavy (non-hydrogen) atoms. The molecule has 0 bridgehead atoms. The van der Waals surface area contributed by atoms with Crippen LogP contribution in [0.2, 0.25) is 0 Å². The molecule has 1 aliphatic carbocycles. The third kappa shape index (κ3) is 10.9. The molecule has 10 heteroatoms. The highest BCUT2D eigenvalue weighted by molar-refractivity contribution is 5.99. The highest BCUT2D eigenvalue weighted by Crippen LogP contribution is 2.34. The van der Waals surface area contributed by atoms with Crippen LogP contribution in [0, 0.1) is 5.82 Å². The van der Waals surface area contributed by atoms with Gasteiger partial charge in [-0.05, 0) is 84.7 Å². The number of unbranched alkanes of at least 4 members (excludes halogenated alkanes) is 3. The summed E-state index contributed by atoms with van der Waals surface area (Å²) in [4.78, 5) is 36.2. The summed E-state index contributed by atoms with van der Waals surface area (Å²) < 4.78 is 25.2. The van der Waals surface area contributed by atoms with E-state index in [4.69, 9.17) is 14.6 Å². The minimum atomic E-state index is -1.68. The molecule has 1 aliphatic rings. The zero-order valence-electron chi connectivity index (χ0n) is 25.4. The van der Waals surface area contributed by atoms with E-state index in [9.17, 15) is 29.0 Å². The summed E-state index contributed by atoms with van der Waals surface area (Å²) in [6.45, 7) is 0.514. The minimum absolute atomic E-state index is 0.00301. The predicted molar refractivity (Wildman–Crippen MR) is 164 cm³/mol. The lowest BCUT2D eigenvalue weighted by Crippen LogP contribution is -2.35. The zero-order valence-corrected chi connectivity index (χ0v) is 25.4. The Morgan fingerprint density at radius 1 is 0.886 bits per heavy atom. The first-order valence-electron chi connectivity index (χ1n) is 14.9. The molecule has 1 unspecified atom stereocenters. The summed E-state index contributed by atoms with van der Waals surface area (Å²) in [6, 6.07) is 11.5. The van der Waals surface area contributed by atoms with Gasteiger partial charge in [-0.15, -0.1) is 0 Å². The Bertz CT molecular complexity index is 1350. The summed E-state index contributed by atoms with van der Waals surface area (Å²) in [5, 5.41) is 29.4. The summed E-state index contributed by atoms with van der Waals surface area (Å²) in [7, 11) is 3.26. The molecule has 0 aromatic heterocycles. The molecule has 3 N–H and O–H groups in total. The van der Waals surface area contributed by atoms with Gasteiger partial charge in [0.25, 0.3) is 5.91 Å². The molecule has 3 rings (SSSR count). The van der Waals surface area contributed by atoms with E-state index in [1.807, 2.05) is 12.1 Å². The van der Waals surface area contributed by atoms with Gasteiger partial charge in [0.2, 0.25) is 0 Å². The normalized spacial score (nSPS) is 16.2. The molecular weight excluding hydrogens is 569 g/mol. The summed E-state index contributed by atoms with van der Waals surface area (Å²) in [5.74, 6) is -3.52. The molecule has 0 aliphatic heterocycles. The fraction of sp³-hybridized carbons (Fsp3) is 0.441. The van der Waals surface area contributed by atoms with E-state index in [0.717, 1.165) is 36.8 Å². The van der Waals surface area contributed by atoms with Gasteiger partial charge in [-0.1, -0.05) is 37.1 Å². The zero-order chi connectivity index (χ0) is 32.1. The van der Waals surface area contributed by atoms with Gasteiger partial charge in [0.05, 0.1) is 13.2 Å². The van der Waals surface area contributed by atoms with Crippen LogP contribution in [-0.4, -0.2) is 71.2 Å². The predicted octanol–water partition coefficient (Wildman–Crippen LogP) is 5.40. The maximum absolute atomic E-state index is 13.5. The molecule has 238 valence electrons. The first kappa shape index (κ1) is 34.5. The second-order valence-corrected chi connectivity index (χ2v) is 11.1. The SMILES string of the molecule is CN(C)C(=O)C1=CC(O)(OCCCCCCc2cccc(OCCCC(=O)O)c2CCC(=O)O)CC(c2ccc(F)cc2)=C1. The molecule has 2 aromatic rings. The molecule has 9 nitrogen and oxygen atoms in total. The average molecular weight is 612 g/mol. The van der Waals surface area contributed by atoms with Crippen LogP contribution in [0.4, 0.5) is 4.39 Å². The summed E-state index contributed by atoms with van der Waals surface area (Å²) in [5.41, 5.74) is 3.52. The van der Waals surface area contributed by atoms with E-state index in [1.54, 1.807) is 38.4 Å². The van der Waals surface area contributed by atoms with Gasteiger partial charge >= 0.3 is 11.9 Å². The monoisotopic (exact) mass is 611 g/mol. The van der Waals surface area contributed by atoms with E-state index in [0.29, 0.717) is 41.7 Å². The third-order valence-corrected chi connectivity index (χ3v) is 7.33. The van der Waals surface area contributed by atoms with Crippen LogP contribution >= 0.6 is 0 Å². The first-order valence-corrected chi connectivity index (χ1v) is 14.9. The van der Waals surface area contributed by atoms with Crippen LogP contribution in [0.3, 0.4) is 0 Å². The Kier molecular flexibility index (Phi) is 13.1. The fourth-order valence-corrected chi connectivity index (χ4v) is 5.09. The van der Waals surface area contributed by atoms with Gasteiger partial charge in [0.1, 0.15) is 11.6 Å². The van der Waals surface area contributed by atoms with Crippen molar-refractivity contribution in [3.05, 3.63) is 82.7 Å². The van der Waals surface area contributed by atoms with Crippen molar-refractivity contribution in [3.8, 4) is 5.75 Å². The van der Waals surface area contributed by atoms with Crippen LogP contribution in [0.5, 0.6) is 5.75 Å². The number of carboxylic acids is 2. The number of nitrogens with zero attached hydrogens (tertiary/aromatic N) is 1. The third-order valence-electron chi connectivity index (χ3n) is 7.33. The fourth-order valence-electron chi connectivity index (χ4n) is 5.09. The Morgan fingerprint density at radius 2 is 1.59 bits per heavy atom. The van der Waals surface area contributed by atoms with Crippen molar-refractivity contribution in [2.45, 2.75) is 70.0 Å². The highest BCUT2D eigenvalue weighted by atomic mass is 19.1. The smallest absolute Gasteiger partial charge is 0.303 e. The largest absolute Gasteiger partial charge is 0.493 e. The summed E-state index contributed by atoms with van der Waals surface area (Å²) >= 11 is 0. The quantitative estimate of drug-likeness (QED) is 0.151. The molecule has 0 radical (unpaired) electrons. The number of ether oxygens (including phenoxy) is 2. The van der Waals surface area contributed by atoms with Crippen LogP contribution in [-0.2, 0) is 32.0 Å². The summed E-state index contributed by atoms with van der Waals surface area (Å²) in [6.07, 6.45) is 7.91. The first-order chi connectivity index (χ1) is 21.0. The molecule has 0 spiro atoms. The molecule has 0 saturated heterocycles. The topological polar surface area (TPSA) is 134 Å². The van der Waals surface area contributed by atoms with Crippen LogP contribution < -0.4 is 4.74 Å². The van der Waals surface area contributed by atoms with Gasteiger partial charge in [-0.25, -0.2) is 4.39 Å². The number of rotatable bonds is 18. The van der Waals surface area contributed by atoms with Crippen LogP contribution in [0.25, 0.3) is 5.57 Å². The number of aliphatic hydroxyl groups is 1. The van der Waals surface area contributed by atoms with E-state index < -0.39 is 17.7 Å². The van der Waals surface area contributed by atoms with Crippen molar-refractivity contribution in [1.82, 2.24) is 4.90 Å². The molecule has 1 atom stereocenters. The van der Waals surface area contributed by atoms with Crippen molar-refractivity contribution in [3.63, 3.8) is 0 Å². The van der Waals surface area contributed by atoms with E-state index in [2.05, 4.69) is 0 Å². The highest BCUT2D eigenvalue weighted by Gasteiger charge is 2.33. The van der Waals surface area contributed by atoms with Crippen LogP contribution in [0.15, 0.2) is 60.2 Å². The number of carbonyl (C=O) groups excluding carboxylic acids is 1. The number of halogens is 1. The Labute approximate surface area is 257 Å². The Balaban J connectivity index is 1.53. The number of hydrogen-bond donors (Lipinski definition) is 3. The number of amides is 1. The van der Waals surface area contributed by atoms with Gasteiger partial charge < -0.3 is 29.7 Å². The van der Waals surface area contributed by atoms with Crippen molar-refractivity contribution >= 4 is 23.4 Å². The maximum Gasteiger partial charge on any atom is 0.303 e. The number of likely N-dealkylation sites (N-methyl/N-ethyl adjacent to an activating group) is 1. The van der Waals surface area contributed by atoms with E-state index in [1.165, 1.54) is 23.1 Å². The van der Waals surface area contributed by atoms with Crippen molar-refractivity contribution < 1.29 is 43.6 Å². The maximum atomic E-state index is 13.5. The number of benzene rings is 2. The van der Waals surface area contributed by atoms with Crippen LogP contribution in [0.1, 0.15) is 68.1 Å². The average Bonchev–Trinajstić information content (AvgIpc) is 2.97. The molecule has 0 saturated carbocycles. The van der Waals surface area contributed by atoms with Gasteiger partial charge in [0, 0.05) is 38.9 Å². The van der Waals surface area contributed by atoms with Gasteiger partial charge in [-0.2, -0.15) is 0 Å². The lowest BCUT2D eigenvalue weighted by atomic mass is 9.89. The molecule has 0 fully saturated rings. The second-order valence-electron chi connectivity index (χ2n) is 11.1. The Hall–Kier alpha value is -4.02. The van der Waals surface area contributed by atoms with Crippen molar-refractivity contribution in [2.75, 3.05) is 27.3 Å². The Morgan fingerprint density at radius 3 is 2.27 bits per heavy atom. The molecular formula is C34H42FNO8. The van der Waals surface area contributed by atoms with Gasteiger partial charge in [-0.3, -0.25) is 14.4 Å². The lowest BCUT2D eigenvalue weighted by Gasteiger charge is -2.31.